The number of carbonyl (C=O) groups is 3. The van der Waals surface area contributed by atoms with Gasteiger partial charge in [-0.15, -0.1) is 11.8 Å². The van der Waals surface area contributed by atoms with Gasteiger partial charge in [-0.3, -0.25) is 34.3 Å². The zero-order valence-electron chi connectivity index (χ0n) is 39.8. The Kier molecular flexibility index (Phi) is 15.3. The second kappa shape index (κ2) is 20.3. The van der Waals surface area contributed by atoms with Gasteiger partial charge in [-0.2, -0.15) is 0 Å². The topological polar surface area (TPSA) is 142 Å². The quantitative estimate of drug-likeness (QED) is 0.150. The van der Waals surface area contributed by atoms with E-state index in [1.54, 1.807) is 25.1 Å². The number of carbonyl (C=O) groups excluding carboxylic acids is 3. The Hall–Kier alpha value is -3.86. The van der Waals surface area contributed by atoms with Gasteiger partial charge in [0, 0.05) is 92.2 Å². The molecule has 1 aromatic carbocycles. The third kappa shape index (κ3) is 10.1. The van der Waals surface area contributed by atoms with Gasteiger partial charge in [0.05, 0.1) is 36.8 Å². The predicted octanol–water partition coefficient (Wildman–Crippen LogP) is 5.90. The number of hydrazine groups is 1. The smallest absolute Gasteiger partial charge is 0.324 e. The predicted molar refractivity (Wildman–Crippen MR) is 256 cm³/mol. The van der Waals surface area contributed by atoms with Gasteiger partial charge < -0.3 is 29.0 Å². The van der Waals surface area contributed by atoms with Crippen LogP contribution >= 0.6 is 11.8 Å². The number of fused-ring (bicyclic) bond motifs is 5. The molecule has 6 bridgehead atoms. The van der Waals surface area contributed by atoms with Crippen molar-refractivity contribution in [2.24, 2.45) is 33.2 Å². The molecule has 1 saturated carbocycles. The Morgan fingerprint density at radius 2 is 1.89 bits per heavy atom. The standard InChI is InChI=1S/C49H72N8O6S/c1-12-34(41(50-13-2)32(7)61-11)43-36-25-49(8,9)28-63-48(60)37-16-15-19-57(53-37)47(59)42(52-45(58)40-30(5)31(40)6)44(62-26-29(4)55-22-20-54(10)21-23-55)46-51-38(27-64-46)33-17-18-39(35(36)24-33)56(43)14-3/h12-13,17-18,24,29-32,37-38,40,42,44,53H,1,14-16,19-23,25-28H2,2-11H3,(H,52,58)/b41-34+,50-13?/t29-,30-,31+,32+,37+,38?,40?,42+,44+/m1/s1. The normalized spacial score (nSPS) is 29.5. The van der Waals surface area contributed by atoms with Gasteiger partial charge >= 0.3 is 5.97 Å². The van der Waals surface area contributed by atoms with E-state index in [1.807, 2.05) is 19.9 Å². The molecule has 2 saturated heterocycles. The number of cyclic esters (lactones) is 1. The number of hydrogen-bond acceptors (Lipinski definition) is 12. The summed E-state index contributed by atoms with van der Waals surface area (Å²) in [5.74, 6) is -0.0615. The van der Waals surface area contributed by atoms with E-state index in [0.717, 1.165) is 65.2 Å². The average Bonchev–Trinajstić information content (AvgIpc) is 3.56. The number of likely N-dealkylation sites (N-methyl/N-ethyl adjacent to an activating group) is 1. The Morgan fingerprint density at radius 1 is 1.16 bits per heavy atom. The summed E-state index contributed by atoms with van der Waals surface area (Å²) < 4.78 is 21.3. The van der Waals surface area contributed by atoms with Gasteiger partial charge in [-0.1, -0.05) is 46.4 Å². The third-order valence-corrected chi connectivity index (χ3v) is 15.3. The average molecular weight is 901 g/mol. The van der Waals surface area contributed by atoms with Crippen molar-refractivity contribution < 1.29 is 28.6 Å². The number of allylic oxidation sites excluding steroid dienone is 2. The van der Waals surface area contributed by atoms with E-state index < -0.39 is 29.6 Å². The first kappa shape index (κ1) is 48.1. The number of esters is 1. The molecule has 0 spiro atoms. The van der Waals surface area contributed by atoms with Gasteiger partial charge in [0.15, 0.2) is 0 Å². The summed E-state index contributed by atoms with van der Waals surface area (Å²) in [6.45, 7) is 26.2. The van der Waals surface area contributed by atoms with Crippen molar-refractivity contribution in [3.8, 4) is 0 Å². The Bertz CT molecular complexity index is 2150. The van der Waals surface area contributed by atoms with Crippen LogP contribution in [0.4, 0.5) is 0 Å². The lowest BCUT2D eigenvalue weighted by atomic mass is 9.84. The van der Waals surface area contributed by atoms with E-state index in [4.69, 9.17) is 24.2 Å². The number of thioether (sulfide) groups is 1. The second-order valence-corrected chi connectivity index (χ2v) is 20.4. The second-order valence-electron chi connectivity index (χ2n) is 19.3. The van der Waals surface area contributed by atoms with Gasteiger partial charge in [-0.05, 0) is 89.1 Å². The maximum Gasteiger partial charge on any atom is 0.324 e. The van der Waals surface area contributed by atoms with E-state index >= 15 is 4.79 Å². The molecule has 2 aromatic rings. The Balaban J connectivity index is 1.37. The molecule has 3 fully saturated rings. The molecule has 2 unspecified atom stereocenters. The summed E-state index contributed by atoms with van der Waals surface area (Å²) in [6.07, 6.45) is 4.19. The molecule has 7 rings (SSSR count). The van der Waals surface area contributed by atoms with Gasteiger partial charge in [0.1, 0.15) is 23.2 Å². The number of nitrogens with zero attached hydrogens (tertiary/aromatic N) is 6. The van der Waals surface area contributed by atoms with Crippen molar-refractivity contribution in [2.45, 2.75) is 118 Å². The first-order chi connectivity index (χ1) is 30.6. The van der Waals surface area contributed by atoms with Gasteiger partial charge in [0.2, 0.25) is 5.91 Å². The Morgan fingerprint density at radius 3 is 2.55 bits per heavy atom. The van der Waals surface area contributed by atoms with Crippen LogP contribution in [-0.2, 0) is 41.6 Å². The number of aliphatic imine (C=N–C) groups is 2. The van der Waals surface area contributed by atoms with Crippen LogP contribution in [0.15, 0.2) is 46.5 Å². The molecule has 5 heterocycles. The molecule has 14 nitrogen and oxygen atoms in total. The fraction of sp³-hybridized carbons (Fsp3) is 0.653. The largest absolute Gasteiger partial charge is 0.464 e. The van der Waals surface area contributed by atoms with Crippen LogP contribution in [-0.4, -0.2) is 145 Å². The van der Waals surface area contributed by atoms with E-state index in [-0.39, 0.29) is 54.4 Å². The Labute approximate surface area is 384 Å². The monoisotopic (exact) mass is 901 g/mol. The summed E-state index contributed by atoms with van der Waals surface area (Å²) >= 11 is 1.59. The lowest BCUT2D eigenvalue weighted by Crippen LogP contribution is -2.64. The number of rotatable bonds is 12. The minimum atomic E-state index is -1.08. The maximum absolute atomic E-state index is 15.0. The van der Waals surface area contributed by atoms with Crippen LogP contribution in [0, 0.1) is 23.2 Å². The first-order valence-corrected chi connectivity index (χ1v) is 24.4. The van der Waals surface area contributed by atoms with E-state index in [9.17, 15) is 9.59 Å². The number of piperazine rings is 1. The zero-order chi connectivity index (χ0) is 46.0. The molecule has 350 valence electrons. The van der Waals surface area contributed by atoms with Gasteiger partial charge in [-0.25, -0.2) is 5.43 Å². The number of amides is 2. The fourth-order valence-electron chi connectivity index (χ4n) is 9.91. The van der Waals surface area contributed by atoms with Crippen LogP contribution in [0.2, 0.25) is 0 Å². The van der Waals surface area contributed by atoms with E-state index in [2.05, 4.69) is 98.5 Å². The molecule has 0 radical (unpaired) electrons. The number of aromatic nitrogens is 1. The van der Waals surface area contributed by atoms with Gasteiger partial charge in [0.25, 0.3) is 5.91 Å². The number of methoxy groups -OCH3 is 1. The molecular formula is C49H72N8O6S. The van der Waals surface area contributed by atoms with Crippen molar-refractivity contribution >= 4 is 57.3 Å². The summed E-state index contributed by atoms with van der Waals surface area (Å²) in [7, 11) is 3.83. The highest BCUT2D eigenvalue weighted by molar-refractivity contribution is 8.14. The minimum absolute atomic E-state index is 0.0681. The summed E-state index contributed by atoms with van der Waals surface area (Å²) in [6, 6.07) is 4.63. The van der Waals surface area contributed by atoms with Crippen molar-refractivity contribution in [1.82, 2.24) is 30.1 Å². The van der Waals surface area contributed by atoms with Crippen molar-refractivity contribution in [2.75, 3.05) is 65.8 Å². The summed E-state index contributed by atoms with van der Waals surface area (Å²) in [4.78, 5) is 58.1. The number of benzene rings is 1. The van der Waals surface area contributed by atoms with Crippen molar-refractivity contribution in [3.63, 3.8) is 0 Å². The highest BCUT2D eigenvalue weighted by atomic mass is 32.2. The SMILES string of the molecule is C=C/C(=C(\N=CC)[C@H](C)OC)c1c2c3cc(ccc3n1CC)C1CSC(=N1)[C@@H](OC[C@@H](C)N1CCN(C)CC1)[C@H](NC(=O)C1[C@@H](C)[C@H]1C)C(=O)N1CCC[C@H](N1)C(=O)OCC(C)(C)C2. The molecule has 5 aliphatic rings. The highest BCUT2D eigenvalue weighted by Gasteiger charge is 2.51. The third-order valence-electron chi connectivity index (χ3n) is 14.2. The van der Waals surface area contributed by atoms with Crippen molar-refractivity contribution in [3.05, 3.63) is 53.4 Å². The van der Waals surface area contributed by atoms with E-state index in [1.165, 1.54) is 5.01 Å². The number of aryl methyl sites for hydroxylation is 1. The molecule has 2 amide bonds. The molecule has 64 heavy (non-hydrogen) atoms. The van der Waals surface area contributed by atoms with Crippen molar-refractivity contribution in [1.29, 1.82) is 0 Å². The number of nitrogens with one attached hydrogen (secondary N) is 2. The zero-order valence-corrected chi connectivity index (χ0v) is 40.6. The molecule has 1 aliphatic carbocycles. The van der Waals surface area contributed by atoms with Crippen LogP contribution in [0.1, 0.15) is 91.1 Å². The van der Waals surface area contributed by atoms with Crippen LogP contribution in [0.5, 0.6) is 0 Å². The summed E-state index contributed by atoms with van der Waals surface area (Å²) in [5.41, 5.74) is 8.64. The minimum Gasteiger partial charge on any atom is -0.464 e. The molecule has 9 atom stereocenters. The first-order valence-electron chi connectivity index (χ1n) is 23.4. The lowest BCUT2D eigenvalue weighted by molar-refractivity contribution is -0.156. The molecule has 2 N–H and O–H groups in total. The molecule has 4 aliphatic heterocycles. The molecular weight excluding hydrogens is 829 g/mol. The fourth-order valence-corrected chi connectivity index (χ4v) is 11.1. The van der Waals surface area contributed by atoms with E-state index in [0.29, 0.717) is 49.8 Å². The maximum atomic E-state index is 15.0. The number of hydrogen-bond donors (Lipinski definition) is 2. The van der Waals surface area contributed by atoms with Crippen LogP contribution < -0.4 is 10.7 Å². The highest BCUT2D eigenvalue weighted by Crippen LogP contribution is 2.46. The number of ether oxygens (including phenoxy) is 3. The molecule has 1 aromatic heterocycles. The summed E-state index contributed by atoms with van der Waals surface area (Å²) in [5, 5.41) is 6.47. The molecule has 15 heteroatoms. The van der Waals surface area contributed by atoms with Crippen LogP contribution in [0.3, 0.4) is 0 Å². The lowest BCUT2D eigenvalue weighted by Gasteiger charge is -2.39. The van der Waals surface area contributed by atoms with Crippen LogP contribution in [0.25, 0.3) is 16.5 Å².